The fourth-order valence-corrected chi connectivity index (χ4v) is 1.49. The zero-order valence-electron chi connectivity index (χ0n) is 8.99. The number of imidazole rings is 1. The van der Waals surface area contributed by atoms with Gasteiger partial charge >= 0.3 is 6.18 Å². The minimum Gasteiger partial charge on any atom is -0.373 e. The van der Waals surface area contributed by atoms with Crippen LogP contribution in [0.2, 0.25) is 0 Å². The summed E-state index contributed by atoms with van der Waals surface area (Å²) < 4.78 is 39.8. The van der Waals surface area contributed by atoms with Gasteiger partial charge in [0.05, 0.1) is 0 Å². The lowest BCUT2D eigenvalue weighted by Gasteiger charge is -2.33. The van der Waals surface area contributed by atoms with Crippen LogP contribution in [0.1, 0.15) is 19.7 Å². The number of aliphatic hydroxyl groups is 1. The standard InChI is InChI=1S/C9H14F3N3O/c1-3-15-5-4-14-7(15)8(16,6(2)13)9(10,11)12/h4-6,16H,3,13H2,1-2H3. The maximum atomic E-state index is 12.9. The number of nitrogens with two attached hydrogens (primary N) is 1. The molecule has 0 aliphatic carbocycles. The molecule has 2 unspecified atom stereocenters. The minimum absolute atomic E-state index is 0.278. The van der Waals surface area contributed by atoms with Crippen LogP contribution in [0, 0.1) is 0 Å². The Bertz CT molecular complexity index is 361. The first kappa shape index (κ1) is 13.0. The van der Waals surface area contributed by atoms with E-state index >= 15 is 0 Å². The van der Waals surface area contributed by atoms with Gasteiger partial charge in [-0.25, -0.2) is 4.98 Å². The van der Waals surface area contributed by atoms with Crippen LogP contribution in [0.4, 0.5) is 13.2 Å². The molecule has 1 aromatic rings. The largest absolute Gasteiger partial charge is 0.426 e. The maximum absolute atomic E-state index is 12.9. The first-order valence-electron chi connectivity index (χ1n) is 4.81. The zero-order chi connectivity index (χ0) is 12.6. The third kappa shape index (κ3) is 1.80. The molecule has 0 amide bonds. The van der Waals surface area contributed by atoms with Crippen molar-refractivity contribution in [3.05, 3.63) is 18.2 Å². The smallest absolute Gasteiger partial charge is 0.373 e. The van der Waals surface area contributed by atoms with Crippen molar-refractivity contribution in [2.45, 2.75) is 38.2 Å². The Balaban J connectivity index is 3.33. The molecule has 1 aromatic heterocycles. The number of alkyl halides is 3. The quantitative estimate of drug-likeness (QED) is 0.824. The molecule has 0 aromatic carbocycles. The average Bonchev–Trinajstić information content (AvgIpc) is 2.61. The number of aromatic nitrogens is 2. The number of halogens is 3. The number of hydrogen-bond donors (Lipinski definition) is 2. The third-order valence-corrected chi connectivity index (χ3v) is 2.49. The normalized spacial score (nSPS) is 18.2. The maximum Gasteiger partial charge on any atom is 0.426 e. The van der Waals surface area contributed by atoms with Crippen LogP contribution in [0.3, 0.4) is 0 Å². The zero-order valence-corrected chi connectivity index (χ0v) is 8.99. The SMILES string of the molecule is CCn1ccnc1C(O)(C(C)N)C(F)(F)F. The fourth-order valence-electron chi connectivity index (χ4n) is 1.49. The van der Waals surface area contributed by atoms with Gasteiger partial charge in [0.25, 0.3) is 0 Å². The molecular weight excluding hydrogens is 223 g/mol. The van der Waals surface area contributed by atoms with E-state index in [1.54, 1.807) is 6.92 Å². The van der Waals surface area contributed by atoms with Gasteiger partial charge in [0.2, 0.25) is 5.60 Å². The van der Waals surface area contributed by atoms with Crippen molar-refractivity contribution in [2.75, 3.05) is 0 Å². The van der Waals surface area contributed by atoms with Gasteiger partial charge in [-0.05, 0) is 13.8 Å². The molecule has 3 N–H and O–H groups in total. The van der Waals surface area contributed by atoms with Gasteiger partial charge in [-0.3, -0.25) is 0 Å². The van der Waals surface area contributed by atoms with Gasteiger partial charge < -0.3 is 15.4 Å². The van der Waals surface area contributed by atoms with Gasteiger partial charge in [-0.15, -0.1) is 0 Å². The van der Waals surface area contributed by atoms with Crippen LogP contribution >= 0.6 is 0 Å². The Hall–Kier alpha value is -1.08. The summed E-state index contributed by atoms with van der Waals surface area (Å²) in [4.78, 5) is 3.56. The molecule has 0 saturated heterocycles. The lowest BCUT2D eigenvalue weighted by Crippen LogP contribution is -2.55. The van der Waals surface area contributed by atoms with Gasteiger partial charge in [0.1, 0.15) is 0 Å². The topological polar surface area (TPSA) is 64.1 Å². The lowest BCUT2D eigenvalue weighted by molar-refractivity contribution is -0.276. The van der Waals surface area contributed by atoms with Crippen LogP contribution < -0.4 is 5.73 Å². The summed E-state index contributed by atoms with van der Waals surface area (Å²) in [6.07, 6.45) is -2.29. The van der Waals surface area contributed by atoms with E-state index in [0.29, 0.717) is 0 Å². The molecule has 1 heterocycles. The average molecular weight is 237 g/mol. The van der Waals surface area contributed by atoms with Crippen molar-refractivity contribution in [2.24, 2.45) is 5.73 Å². The van der Waals surface area contributed by atoms with E-state index in [1.165, 1.54) is 17.0 Å². The summed E-state index contributed by atoms with van der Waals surface area (Å²) in [7, 11) is 0. The van der Waals surface area contributed by atoms with E-state index in [1.807, 2.05) is 0 Å². The summed E-state index contributed by atoms with van der Waals surface area (Å²) in [6, 6.07) is -1.50. The highest BCUT2D eigenvalue weighted by Crippen LogP contribution is 2.40. The molecule has 16 heavy (non-hydrogen) atoms. The number of aryl methyl sites for hydroxylation is 1. The lowest BCUT2D eigenvalue weighted by atomic mass is 9.94. The highest BCUT2D eigenvalue weighted by molar-refractivity contribution is 5.12. The Labute approximate surface area is 90.9 Å². The van der Waals surface area contributed by atoms with Gasteiger partial charge in [0, 0.05) is 25.0 Å². The van der Waals surface area contributed by atoms with Crippen molar-refractivity contribution in [3.63, 3.8) is 0 Å². The summed E-state index contributed by atoms with van der Waals surface area (Å²) in [5, 5.41) is 9.76. The Morgan fingerprint density at radius 2 is 2.12 bits per heavy atom. The van der Waals surface area contributed by atoms with Crippen molar-refractivity contribution in [1.82, 2.24) is 9.55 Å². The number of nitrogens with zero attached hydrogens (tertiary/aromatic N) is 2. The number of rotatable bonds is 3. The second-order valence-corrected chi connectivity index (χ2v) is 3.59. The van der Waals surface area contributed by atoms with E-state index in [9.17, 15) is 18.3 Å². The van der Waals surface area contributed by atoms with Gasteiger partial charge in [-0.1, -0.05) is 0 Å². The minimum atomic E-state index is -4.86. The molecule has 92 valence electrons. The fraction of sp³-hybridized carbons (Fsp3) is 0.667. The van der Waals surface area contributed by atoms with Crippen molar-refractivity contribution < 1.29 is 18.3 Å². The predicted octanol–water partition coefficient (Wildman–Crippen LogP) is 1.00. The van der Waals surface area contributed by atoms with Crippen LogP contribution in [-0.2, 0) is 12.1 Å². The molecule has 4 nitrogen and oxygen atoms in total. The van der Waals surface area contributed by atoms with E-state index in [2.05, 4.69) is 4.98 Å². The molecule has 0 radical (unpaired) electrons. The Morgan fingerprint density at radius 1 is 1.56 bits per heavy atom. The Kier molecular flexibility index (Phi) is 3.30. The highest BCUT2D eigenvalue weighted by atomic mass is 19.4. The molecular formula is C9H14F3N3O. The molecule has 2 atom stereocenters. The van der Waals surface area contributed by atoms with E-state index < -0.39 is 23.6 Å². The molecule has 0 bridgehead atoms. The summed E-state index contributed by atoms with van der Waals surface area (Å²) in [6.45, 7) is 3.03. The predicted molar refractivity (Wildman–Crippen MR) is 51.5 cm³/mol. The van der Waals surface area contributed by atoms with E-state index in [-0.39, 0.29) is 6.54 Å². The molecule has 0 fully saturated rings. The summed E-state index contributed by atoms with van der Waals surface area (Å²) in [5.74, 6) is -0.475. The van der Waals surface area contributed by atoms with Gasteiger partial charge in [-0.2, -0.15) is 13.2 Å². The number of hydrogen-bond acceptors (Lipinski definition) is 3. The third-order valence-electron chi connectivity index (χ3n) is 2.49. The first-order chi connectivity index (χ1) is 7.25. The molecule has 0 aliphatic rings. The summed E-state index contributed by atoms with van der Waals surface area (Å²) in [5.41, 5.74) is 2.13. The van der Waals surface area contributed by atoms with Crippen molar-refractivity contribution in [3.8, 4) is 0 Å². The highest BCUT2D eigenvalue weighted by Gasteiger charge is 2.60. The molecule has 0 aliphatic heterocycles. The van der Waals surface area contributed by atoms with Crippen LogP contribution in [0.15, 0.2) is 12.4 Å². The van der Waals surface area contributed by atoms with E-state index in [4.69, 9.17) is 5.73 Å². The van der Waals surface area contributed by atoms with Crippen LogP contribution in [0.25, 0.3) is 0 Å². The van der Waals surface area contributed by atoms with Crippen LogP contribution in [0.5, 0.6) is 0 Å². The second kappa shape index (κ2) is 4.06. The molecule has 0 spiro atoms. The Morgan fingerprint density at radius 3 is 2.50 bits per heavy atom. The second-order valence-electron chi connectivity index (χ2n) is 3.59. The summed E-state index contributed by atoms with van der Waals surface area (Å²) >= 11 is 0. The molecule has 7 heteroatoms. The van der Waals surface area contributed by atoms with E-state index in [0.717, 1.165) is 6.92 Å². The van der Waals surface area contributed by atoms with Crippen molar-refractivity contribution in [1.29, 1.82) is 0 Å². The molecule has 1 rings (SSSR count). The van der Waals surface area contributed by atoms with Gasteiger partial charge in [0.15, 0.2) is 5.82 Å². The molecule has 0 saturated carbocycles. The van der Waals surface area contributed by atoms with Crippen LogP contribution in [-0.4, -0.2) is 26.9 Å². The monoisotopic (exact) mass is 237 g/mol. The first-order valence-corrected chi connectivity index (χ1v) is 4.81. The van der Waals surface area contributed by atoms with Crippen molar-refractivity contribution >= 4 is 0 Å².